The van der Waals surface area contributed by atoms with E-state index in [0.29, 0.717) is 0 Å². The van der Waals surface area contributed by atoms with Gasteiger partial charge in [0, 0.05) is 19.5 Å². The second-order valence-electron chi connectivity index (χ2n) is 5.82. The lowest BCUT2D eigenvalue weighted by Crippen LogP contribution is -2.11. The first-order valence-electron chi connectivity index (χ1n) is 6.38. The summed E-state index contributed by atoms with van der Waals surface area (Å²) in [5.74, 6) is 0. The molecular formula is C12H16N6S3. The predicted molar refractivity (Wildman–Crippen MR) is 87.9 cm³/mol. The van der Waals surface area contributed by atoms with Crippen LogP contribution in [0.4, 0.5) is 5.13 Å². The standard InChI is InChI=1S/C12H16N6S3/c1-12(2,3)7-6-18-8(13-7)19-11(16-18)21-10-15-14-9(20-10)17(4)5/h6H,1-5H3. The van der Waals surface area contributed by atoms with Gasteiger partial charge in [-0.2, -0.15) is 0 Å². The number of anilines is 1. The SMILES string of the molecule is CN(C)c1nnc(Sc2nn3cc(C(C)(C)C)nc3s2)s1. The zero-order valence-corrected chi connectivity index (χ0v) is 14.9. The lowest BCUT2D eigenvalue weighted by Gasteiger charge is -2.13. The van der Waals surface area contributed by atoms with Crippen molar-refractivity contribution in [2.24, 2.45) is 0 Å². The van der Waals surface area contributed by atoms with E-state index in [1.165, 1.54) is 11.8 Å². The van der Waals surface area contributed by atoms with Gasteiger partial charge in [0.05, 0.1) is 11.9 Å². The highest BCUT2D eigenvalue weighted by Crippen LogP contribution is 2.35. The normalized spacial score (nSPS) is 12.2. The van der Waals surface area contributed by atoms with Gasteiger partial charge in [-0.15, -0.1) is 15.3 Å². The predicted octanol–water partition coefficient (Wildman–Crippen LogP) is 3.16. The fourth-order valence-electron chi connectivity index (χ4n) is 1.58. The van der Waals surface area contributed by atoms with Gasteiger partial charge in [-0.05, 0) is 11.8 Å². The Morgan fingerprint density at radius 2 is 1.90 bits per heavy atom. The molecule has 0 unspecified atom stereocenters. The highest BCUT2D eigenvalue weighted by Gasteiger charge is 2.20. The average molecular weight is 341 g/mol. The molecule has 3 heterocycles. The van der Waals surface area contributed by atoms with E-state index in [1.54, 1.807) is 22.7 Å². The molecule has 0 aliphatic carbocycles. The molecule has 0 aromatic carbocycles. The maximum Gasteiger partial charge on any atom is 0.213 e. The maximum absolute atomic E-state index is 4.64. The molecule has 3 aromatic heterocycles. The minimum Gasteiger partial charge on any atom is -0.353 e. The summed E-state index contributed by atoms with van der Waals surface area (Å²) in [7, 11) is 3.92. The molecule has 0 saturated carbocycles. The number of rotatable bonds is 3. The van der Waals surface area contributed by atoms with Crippen molar-refractivity contribution < 1.29 is 0 Å². The van der Waals surface area contributed by atoms with Crippen molar-refractivity contribution in [2.75, 3.05) is 19.0 Å². The first-order chi connectivity index (χ1) is 9.83. The molecule has 0 aliphatic rings. The molecule has 0 fully saturated rings. The Hall–Kier alpha value is -1.19. The van der Waals surface area contributed by atoms with Crippen molar-refractivity contribution in [1.82, 2.24) is 24.8 Å². The fourth-order valence-corrected chi connectivity index (χ4v) is 4.47. The Labute approximate surface area is 135 Å². The summed E-state index contributed by atoms with van der Waals surface area (Å²) in [5, 5.41) is 13.8. The van der Waals surface area contributed by atoms with Gasteiger partial charge in [0.15, 0.2) is 8.68 Å². The van der Waals surface area contributed by atoms with Crippen LogP contribution in [0.1, 0.15) is 26.5 Å². The minimum atomic E-state index is 0.0422. The van der Waals surface area contributed by atoms with Crippen molar-refractivity contribution in [2.45, 2.75) is 34.9 Å². The Bertz CT molecular complexity index is 732. The Morgan fingerprint density at radius 3 is 2.48 bits per heavy atom. The smallest absolute Gasteiger partial charge is 0.213 e. The van der Waals surface area contributed by atoms with Gasteiger partial charge in [0.1, 0.15) is 0 Å². The van der Waals surface area contributed by atoms with Crippen LogP contribution in [0.15, 0.2) is 14.9 Å². The lowest BCUT2D eigenvalue weighted by atomic mass is 9.93. The first kappa shape index (κ1) is 14.7. The van der Waals surface area contributed by atoms with Gasteiger partial charge in [0.2, 0.25) is 10.1 Å². The van der Waals surface area contributed by atoms with Gasteiger partial charge in [-0.3, -0.25) is 0 Å². The Balaban J connectivity index is 1.83. The molecule has 0 saturated heterocycles. The van der Waals surface area contributed by atoms with Crippen LogP contribution in [-0.4, -0.2) is 38.9 Å². The topological polar surface area (TPSA) is 59.2 Å². The summed E-state index contributed by atoms with van der Waals surface area (Å²) in [5.41, 5.74) is 1.10. The molecule has 0 radical (unpaired) electrons. The van der Waals surface area contributed by atoms with E-state index in [-0.39, 0.29) is 5.41 Å². The molecule has 112 valence electrons. The fraction of sp³-hybridized carbons (Fsp3) is 0.500. The van der Waals surface area contributed by atoms with E-state index in [2.05, 4.69) is 41.1 Å². The summed E-state index contributed by atoms with van der Waals surface area (Å²) in [6.45, 7) is 6.46. The van der Waals surface area contributed by atoms with Crippen LogP contribution in [0.5, 0.6) is 0 Å². The summed E-state index contributed by atoms with van der Waals surface area (Å²) in [6, 6.07) is 0. The van der Waals surface area contributed by atoms with E-state index in [4.69, 9.17) is 0 Å². The molecule has 0 bridgehead atoms. The van der Waals surface area contributed by atoms with Crippen molar-refractivity contribution in [3.63, 3.8) is 0 Å². The molecule has 0 amide bonds. The molecule has 21 heavy (non-hydrogen) atoms. The molecule has 0 N–H and O–H groups in total. The number of hydrogen-bond acceptors (Lipinski definition) is 8. The Kier molecular flexibility index (Phi) is 3.66. The third kappa shape index (κ3) is 3.04. The summed E-state index contributed by atoms with van der Waals surface area (Å²) < 4.78 is 3.67. The Morgan fingerprint density at radius 1 is 1.14 bits per heavy atom. The maximum atomic E-state index is 4.64. The molecular weight excluding hydrogens is 324 g/mol. The van der Waals surface area contributed by atoms with Crippen LogP contribution in [0, 0.1) is 0 Å². The van der Waals surface area contributed by atoms with Crippen molar-refractivity contribution in [3.05, 3.63) is 11.9 Å². The monoisotopic (exact) mass is 340 g/mol. The first-order valence-corrected chi connectivity index (χ1v) is 8.83. The molecule has 0 aliphatic heterocycles. The van der Waals surface area contributed by atoms with Gasteiger partial charge < -0.3 is 4.90 Å². The third-order valence-electron chi connectivity index (χ3n) is 2.75. The second-order valence-corrected chi connectivity index (χ2v) is 9.22. The highest BCUT2D eigenvalue weighted by atomic mass is 32.2. The van der Waals surface area contributed by atoms with Crippen LogP contribution in [-0.2, 0) is 5.41 Å². The summed E-state index contributed by atoms with van der Waals surface area (Å²) in [6.07, 6.45) is 2.00. The third-order valence-corrected chi connectivity index (χ3v) is 5.86. The second kappa shape index (κ2) is 5.22. The number of hydrogen-bond donors (Lipinski definition) is 0. The van der Waals surface area contributed by atoms with Crippen molar-refractivity contribution >= 4 is 44.5 Å². The zero-order chi connectivity index (χ0) is 15.2. The van der Waals surface area contributed by atoms with E-state index < -0.39 is 0 Å². The minimum absolute atomic E-state index is 0.0422. The number of aromatic nitrogens is 5. The van der Waals surface area contributed by atoms with Crippen LogP contribution < -0.4 is 4.90 Å². The van der Waals surface area contributed by atoms with E-state index in [1.807, 2.05) is 29.7 Å². The highest BCUT2D eigenvalue weighted by molar-refractivity contribution is 8.02. The van der Waals surface area contributed by atoms with Gasteiger partial charge in [-0.25, -0.2) is 9.50 Å². The molecule has 9 heteroatoms. The van der Waals surface area contributed by atoms with E-state index in [0.717, 1.165) is 24.5 Å². The van der Waals surface area contributed by atoms with Crippen LogP contribution in [0.3, 0.4) is 0 Å². The number of nitrogens with zero attached hydrogens (tertiary/aromatic N) is 6. The van der Waals surface area contributed by atoms with Crippen molar-refractivity contribution in [3.8, 4) is 0 Å². The average Bonchev–Trinajstić information content (AvgIpc) is 3.01. The molecule has 6 nitrogen and oxygen atoms in total. The van der Waals surface area contributed by atoms with Gasteiger partial charge in [-0.1, -0.05) is 43.4 Å². The van der Waals surface area contributed by atoms with Crippen LogP contribution in [0.2, 0.25) is 0 Å². The van der Waals surface area contributed by atoms with E-state index in [9.17, 15) is 0 Å². The van der Waals surface area contributed by atoms with Crippen LogP contribution >= 0.6 is 34.4 Å². The molecule has 3 aromatic rings. The lowest BCUT2D eigenvalue weighted by molar-refractivity contribution is 0.572. The van der Waals surface area contributed by atoms with Crippen molar-refractivity contribution in [1.29, 1.82) is 0 Å². The number of imidazole rings is 1. The largest absolute Gasteiger partial charge is 0.353 e. The summed E-state index contributed by atoms with van der Waals surface area (Å²) in [4.78, 5) is 7.51. The quantitative estimate of drug-likeness (QED) is 0.730. The number of fused-ring (bicyclic) bond motifs is 1. The van der Waals surface area contributed by atoms with E-state index >= 15 is 0 Å². The molecule has 0 atom stereocenters. The van der Waals surface area contributed by atoms with Gasteiger partial charge >= 0.3 is 0 Å². The molecule has 3 rings (SSSR count). The zero-order valence-electron chi connectivity index (χ0n) is 12.5. The summed E-state index contributed by atoms with van der Waals surface area (Å²) >= 11 is 4.67. The molecule has 0 spiro atoms. The van der Waals surface area contributed by atoms with Gasteiger partial charge in [0.25, 0.3) is 0 Å². The van der Waals surface area contributed by atoms with Crippen LogP contribution in [0.25, 0.3) is 4.96 Å².